The van der Waals surface area contributed by atoms with Crippen molar-refractivity contribution in [1.82, 2.24) is 4.98 Å². The summed E-state index contributed by atoms with van der Waals surface area (Å²) in [4.78, 5) is 4.33. The van der Waals surface area contributed by atoms with E-state index >= 15 is 0 Å². The number of hydrogen-bond acceptors (Lipinski definition) is 1. The van der Waals surface area contributed by atoms with E-state index in [9.17, 15) is 0 Å². The maximum atomic E-state index is 4.33. The summed E-state index contributed by atoms with van der Waals surface area (Å²) in [7, 11) is 0. The minimum absolute atomic E-state index is 0.590. The molecule has 0 fully saturated rings. The lowest BCUT2D eigenvalue weighted by atomic mass is 9.99. The van der Waals surface area contributed by atoms with E-state index in [-0.39, 0.29) is 0 Å². The number of aryl methyl sites for hydroxylation is 1. The Morgan fingerprint density at radius 2 is 1.71 bits per heavy atom. The molecular formula is C16H19N. The molecule has 0 spiro atoms. The SMILES string of the molecule is CCc1cc(-c2ccc(C(C)C)cc2)ccn1. The molecule has 88 valence electrons. The topological polar surface area (TPSA) is 12.9 Å². The number of benzene rings is 1. The van der Waals surface area contributed by atoms with Crippen molar-refractivity contribution < 1.29 is 0 Å². The first-order valence-corrected chi connectivity index (χ1v) is 6.26. The molecule has 1 heterocycles. The van der Waals surface area contributed by atoms with Crippen LogP contribution in [-0.2, 0) is 6.42 Å². The second kappa shape index (κ2) is 5.13. The van der Waals surface area contributed by atoms with E-state index in [0.29, 0.717) is 5.92 Å². The number of rotatable bonds is 3. The summed E-state index contributed by atoms with van der Waals surface area (Å²) in [5, 5.41) is 0. The van der Waals surface area contributed by atoms with E-state index in [1.807, 2.05) is 6.20 Å². The molecule has 0 atom stereocenters. The van der Waals surface area contributed by atoms with Crippen LogP contribution in [0.1, 0.15) is 37.9 Å². The molecule has 17 heavy (non-hydrogen) atoms. The molecule has 1 heteroatoms. The Labute approximate surface area is 104 Å². The third-order valence-corrected chi connectivity index (χ3v) is 3.09. The van der Waals surface area contributed by atoms with Gasteiger partial charge in [0.2, 0.25) is 0 Å². The summed E-state index contributed by atoms with van der Waals surface area (Å²) in [5.41, 5.74) is 5.06. The first-order valence-electron chi connectivity index (χ1n) is 6.26. The first-order chi connectivity index (χ1) is 8.20. The molecule has 0 radical (unpaired) electrons. The molecule has 0 bridgehead atoms. The summed E-state index contributed by atoms with van der Waals surface area (Å²) in [6, 6.07) is 13.1. The van der Waals surface area contributed by atoms with Crippen molar-refractivity contribution in [3.63, 3.8) is 0 Å². The Hall–Kier alpha value is -1.63. The second-order valence-corrected chi connectivity index (χ2v) is 4.67. The molecule has 0 saturated heterocycles. The van der Waals surface area contributed by atoms with Crippen LogP contribution in [0, 0.1) is 0 Å². The molecule has 0 aliphatic rings. The highest BCUT2D eigenvalue weighted by Gasteiger charge is 2.01. The number of hydrogen-bond donors (Lipinski definition) is 0. The molecule has 0 unspecified atom stereocenters. The van der Waals surface area contributed by atoms with Crippen LogP contribution in [-0.4, -0.2) is 4.98 Å². The van der Waals surface area contributed by atoms with Gasteiger partial charge in [0.25, 0.3) is 0 Å². The Morgan fingerprint density at radius 1 is 1.00 bits per heavy atom. The molecular weight excluding hydrogens is 206 g/mol. The van der Waals surface area contributed by atoms with Gasteiger partial charge >= 0.3 is 0 Å². The zero-order valence-electron chi connectivity index (χ0n) is 10.8. The standard InChI is InChI=1S/C16H19N/c1-4-16-11-15(9-10-17-16)14-7-5-13(6-8-14)12(2)3/h5-12H,4H2,1-3H3. The third-order valence-electron chi connectivity index (χ3n) is 3.09. The molecule has 1 aromatic carbocycles. The molecule has 2 rings (SSSR count). The van der Waals surface area contributed by atoms with Crippen molar-refractivity contribution in [2.24, 2.45) is 0 Å². The van der Waals surface area contributed by atoms with E-state index in [1.165, 1.54) is 16.7 Å². The molecule has 0 amide bonds. The predicted molar refractivity (Wildman–Crippen MR) is 73.1 cm³/mol. The Bertz CT molecular complexity index is 483. The van der Waals surface area contributed by atoms with Crippen LogP contribution in [0.5, 0.6) is 0 Å². The van der Waals surface area contributed by atoms with Crippen LogP contribution < -0.4 is 0 Å². The zero-order valence-corrected chi connectivity index (χ0v) is 10.8. The van der Waals surface area contributed by atoms with Crippen molar-refractivity contribution in [2.45, 2.75) is 33.1 Å². The number of pyridine rings is 1. The minimum Gasteiger partial charge on any atom is -0.261 e. The fourth-order valence-corrected chi connectivity index (χ4v) is 1.91. The lowest BCUT2D eigenvalue weighted by molar-refractivity contribution is 0.867. The van der Waals surface area contributed by atoms with Gasteiger partial charge in [0, 0.05) is 11.9 Å². The molecule has 0 aliphatic carbocycles. The van der Waals surface area contributed by atoms with Crippen molar-refractivity contribution >= 4 is 0 Å². The Morgan fingerprint density at radius 3 is 2.29 bits per heavy atom. The molecule has 2 aromatic rings. The van der Waals surface area contributed by atoms with Gasteiger partial charge < -0.3 is 0 Å². The van der Waals surface area contributed by atoms with E-state index in [0.717, 1.165) is 12.1 Å². The highest BCUT2D eigenvalue weighted by atomic mass is 14.7. The van der Waals surface area contributed by atoms with E-state index < -0.39 is 0 Å². The van der Waals surface area contributed by atoms with E-state index in [2.05, 4.69) is 62.2 Å². The van der Waals surface area contributed by atoms with Crippen LogP contribution in [0.4, 0.5) is 0 Å². The first kappa shape index (κ1) is 11.8. The van der Waals surface area contributed by atoms with E-state index in [4.69, 9.17) is 0 Å². The molecule has 0 aliphatic heterocycles. The Kier molecular flexibility index (Phi) is 3.58. The lowest BCUT2D eigenvalue weighted by Crippen LogP contribution is -1.89. The normalized spacial score (nSPS) is 10.8. The van der Waals surface area contributed by atoms with Gasteiger partial charge in [-0.05, 0) is 41.2 Å². The number of nitrogens with zero attached hydrogens (tertiary/aromatic N) is 1. The number of aromatic nitrogens is 1. The van der Waals surface area contributed by atoms with Gasteiger partial charge in [0.05, 0.1) is 0 Å². The smallest absolute Gasteiger partial charge is 0.0407 e. The average molecular weight is 225 g/mol. The second-order valence-electron chi connectivity index (χ2n) is 4.67. The summed E-state index contributed by atoms with van der Waals surface area (Å²) in [5.74, 6) is 0.590. The van der Waals surface area contributed by atoms with Gasteiger partial charge in [-0.2, -0.15) is 0 Å². The lowest BCUT2D eigenvalue weighted by Gasteiger charge is -2.07. The van der Waals surface area contributed by atoms with Crippen LogP contribution in [0.25, 0.3) is 11.1 Å². The molecule has 1 aromatic heterocycles. The Balaban J connectivity index is 2.32. The van der Waals surface area contributed by atoms with Gasteiger partial charge in [-0.15, -0.1) is 0 Å². The van der Waals surface area contributed by atoms with Crippen LogP contribution >= 0.6 is 0 Å². The fourth-order valence-electron chi connectivity index (χ4n) is 1.91. The largest absolute Gasteiger partial charge is 0.261 e. The monoisotopic (exact) mass is 225 g/mol. The van der Waals surface area contributed by atoms with Gasteiger partial charge in [-0.1, -0.05) is 45.0 Å². The van der Waals surface area contributed by atoms with Gasteiger partial charge in [-0.3, -0.25) is 4.98 Å². The summed E-state index contributed by atoms with van der Waals surface area (Å²) in [6.07, 6.45) is 2.88. The summed E-state index contributed by atoms with van der Waals surface area (Å²) < 4.78 is 0. The average Bonchev–Trinajstić information content (AvgIpc) is 2.39. The maximum absolute atomic E-state index is 4.33. The molecule has 0 saturated carbocycles. The van der Waals surface area contributed by atoms with Crippen molar-refractivity contribution in [3.8, 4) is 11.1 Å². The van der Waals surface area contributed by atoms with Gasteiger partial charge in [0.1, 0.15) is 0 Å². The highest BCUT2D eigenvalue weighted by molar-refractivity contribution is 5.63. The van der Waals surface area contributed by atoms with Gasteiger partial charge in [0.15, 0.2) is 0 Å². The molecule has 0 N–H and O–H groups in total. The third kappa shape index (κ3) is 2.73. The summed E-state index contributed by atoms with van der Waals surface area (Å²) >= 11 is 0. The predicted octanol–water partition coefficient (Wildman–Crippen LogP) is 4.43. The minimum atomic E-state index is 0.590. The molecule has 1 nitrogen and oxygen atoms in total. The van der Waals surface area contributed by atoms with Crippen LogP contribution in [0.15, 0.2) is 42.6 Å². The van der Waals surface area contributed by atoms with Gasteiger partial charge in [-0.25, -0.2) is 0 Å². The van der Waals surface area contributed by atoms with Crippen molar-refractivity contribution in [2.75, 3.05) is 0 Å². The maximum Gasteiger partial charge on any atom is 0.0407 e. The van der Waals surface area contributed by atoms with E-state index in [1.54, 1.807) is 0 Å². The van der Waals surface area contributed by atoms with Crippen LogP contribution in [0.2, 0.25) is 0 Å². The zero-order chi connectivity index (χ0) is 12.3. The highest BCUT2D eigenvalue weighted by Crippen LogP contribution is 2.22. The quantitative estimate of drug-likeness (QED) is 0.752. The van der Waals surface area contributed by atoms with Crippen molar-refractivity contribution in [1.29, 1.82) is 0 Å². The van der Waals surface area contributed by atoms with Crippen molar-refractivity contribution in [3.05, 3.63) is 53.9 Å². The fraction of sp³-hybridized carbons (Fsp3) is 0.312. The summed E-state index contributed by atoms with van der Waals surface area (Å²) in [6.45, 7) is 6.57. The van der Waals surface area contributed by atoms with Crippen LogP contribution in [0.3, 0.4) is 0 Å².